The van der Waals surface area contributed by atoms with Crippen LogP contribution in [0.15, 0.2) is 71.3 Å². The molecule has 4 aromatic rings. The molecule has 0 saturated carbocycles. The lowest BCUT2D eigenvalue weighted by atomic mass is 10.2. The van der Waals surface area contributed by atoms with Crippen LogP contribution in [0.3, 0.4) is 0 Å². The first-order valence-electron chi connectivity index (χ1n) is 9.68. The van der Waals surface area contributed by atoms with Crippen molar-refractivity contribution in [1.29, 1.82) is 0 Å². The van der Waals surface area contributed by atoms with Crippen molar-refractivity contribution in [3.63, 3.8) is 0 Å². The lowest BCUT2D eigenvalue weighted by molar-refractivity contribution is 0.475. The third-order valence-corrected chi connectivity index (χ3v) is 4.40. The lowest BCUT2D eigenvalue weighted by Gasteiger charge is -2.14. The van der Waals surface area contributed by atoms with Gasteiger partial charge in [-0.2, -0.15) is 15.0 Å². The number of hydrogen-bond acceptors (Lipinski definition) is 9. The SMILES string of the molecule is CN(C)c1ccc(Nc2nc(NCc3ccco3)nc(Nc3ccc(O)cc3)n2)cc1.Cl. The number of benzene rings is 2. The van der Waals surface area contributed by atoms with Crippen LogP contribution in [0.25, 0.3) is 0 Å². The molecule has 0 amide bonds. The number of nitrogens with one attached hydrogen (secondary N) is 3. The van der Waals surface area contributed by atoms with Gasteiger partial charge < -0.3 is 30.4 Å². The maximum atomic E-state index is 9.49. The molecule has 32 heavy (non-hydrogen) atoms. The smallest absolute Gasteiger partial charge is 0.233 e. The summed E-state index contributed by atoms with van der Waals surface area (Å²) in [6, 6.07) is 18.3. The number of phenols is 1. The monoisotopic (exact) mass is 453 g/mol. The summed E-state index contributed by atoms with van der Waals surface area (Å²) in [7, 11) is 3.99. The Bertz CT molecular complexity index is 1120. The molecule has 2 aromatic carbocycles. The lowest BCUT2D eigenvalue weighted by Crippen LogP contribution is -2.10. The van der Waals surface area contributed by atoms with Gasteiger partial charge in [0.15, 0.2) is 0 Å². The van der Waals surface area contributed by atoms with E-state index in [-0.39, 0.29) is 18.2 Å². The topological polar surface area (TPSA) is 111 Å². The summed E-state index contributed by atoms with van der Waals surface area (Å²) in [5.41, 5.74) is 2.68. The number of nitrogens with zero attached hydrogens (tertiary/aromatic N) is 4. The van der Waals surface area contributed by atoms with Gasteiger partial charge in [-0.15, -0.1) is 12.4 Å². The third-order valence-electron chi connectivity index (χ3n) is 4.40. The highest BCUT2D eigenvalue weighted by Gasteiger charge is 2.09. The van der Waals surface area contributed by atoms with Crippen LogP contribution < -0.4 is 20.9 Å². The van der Waals surface area contributed by atoms with E-state index in [2.05, 4.69) is 30.9 Å². The van der Waals surface area contributed by atoms with Crippen molar-refractivity contribution in [2.75, 3.05) is 34.9 Å². The van der Waals surface area contributed by atoms with Gasteiger partial charge in [-0.1, -0.05) is 0 Å². The van der Waals surface area contributed by atoms with E-state index in [1.54, 1.807) is 30.5 Å². The predicted octanol–water partition coefficient (Wildman–Crippen LogP) is 4.76. The summed E-state index contributed by atoms with van der Waals surface area (Å²) in [4.78, 5) is 15.4. The third kappa shape index (κ3) is 6.02. The van der Waals surface area contributed by atoms with Gasteiger partial charge in [-0.25, -0.2) is 0 Å². The molecule has 2 heterocycles. The summed E-state index contributed by atoms with van der Waals surface area (Å²) in [5, 5.41) is 19.0. The molecule has 0 bridgehead atoms. The van der Waals surface area contributed by atoms with Gasteiger partial charge in [-0.3, -0.25) is 0 Å². The van der Waals surface area contributed by atoms with E-state index in [0.717, 1.165) is 22.8 Å². The number of furan rings is 1. The van der Waals surface area contributed by atoms with Crippen LogP contribution in [0.2, 0.25) is 0 Å². The Kier molecular flexibility index (Phi) is 7.35. The number of phenolic OH excluding ortho intramolecular Hbond substituents is 1. The molecular weight excluding hydrogens is 430 g/mol. The molecule has 4 N–H and O–H groups in total. The molecule has 0 aliphatic carbocycles. The van der Waals surface area contributed by atoms with Gasteiger partial charge in [0.05, 0.1) is 12.8 Å². The molecule has 10 heteroatoms. The zero-order valence-corrected chi connectivity index (χ0v) is 18.4. The molecule has 0 unspecified atom stereocenters. The van der Waals surface area contributed by atoms with Gasteiger partial charge >= 0.3 is 0 Å². The quantitative estimate of drug-likeness (QED) is 0.280. The highest BCUT2D eigenvalue weighted by molar-refractivity contribution is 5.85. The van der Waals surface area contributed by atoms with Crippen LogP contribution in [-0.4, -0.2) is 34.2 Å². The van der Waals surface area contributed by atoms with E-state index in [9.17, 15) is 5.11 Å². The number of halogens is 1. The standard InChI is InChI=1S/C22H23N7O2.ClH/c1-29(2)17-9-5-15(6-10-17)24-21-26-20(23-14-19-4-3-13-31-19)27-22(28-21)25-16-7-11-18(30)12-8-16;/h3-13,30H,14H2,1-2H3,(H3,23,24,25,26,27,28);1H. The average molecular weight is 454 g/mol. The first-order chi connectivity index (χ1) is 15.0. The number of anilines is 6. The summed E-state index contributed by atoms with van der Waals surface area (Å²) in [6.45, 7) is 0.437. The minimum absolute atomic E-state index is 0. The maximum Gasteiger partial charge on any atom is 0.233 e. The van der Waals surface area contributed by atoms with Crippen LogP contribution in [0.5, 0.6) is 5.75 Å². The second-order valence-corrected chi connectivity index (χ2v) is 6.98. The minimum atomic E-state index is 0. The molecule has 9 nitrogen and oxygen atoms in total. The fourth-order valence-corrected chi connectivity index (χ4v) is 2.79. The Morgan fingerprint density at radius 2 is 1.38 bits per heavy atom. The van der Waals surface area contributed by atoms with Gasteiger partial charge in [0, 0.05) is 31.2 Å². The molecule has 0 aliphatic heterocycles. The van der Waals surface area contributed by atoms with Crippen molar-refractivity contribution in [3.8, 4) is 5.75 Å². The summed E-state index contributed by atoms with van der Waals surface area (Å²) >= 11 is 0. The maximum absolute atomic E-state index is 9.49. The molecular formula is C22H24ClN7O2. The summed E-state index contributed by atoms with van der Waals surface area (Å²) in [6.07, 6.45) is 1.62. The Morgan fingerprint density at radius 1 is 0.812 bits per heavy atom. The van der Waals surface area contributed by atoms with E-state index in [1.165, 1.54) is 0 Å². The molecule has 2 aromatic heterocycles. The van der Waals surface area contributed by atoms with E-state index >= 15 is 0 Å². The normalized spacial score (nSPS) is 10.2. The Morgan fingerprint density at radius 3 is 1.91 bits per heavy atom. The molecule has 0 atom stereocenters. The number of rotatable bonds is 8. The van der Waals surface area contributed by atoms with Crippen LogP contribution in [0, 0.1) is 0 Å². The van der Waals surface area contributed by atoms with Crippen LogP contribution in [-0.2, 0) is 6.54 Å². The van der Waals surface area contributed by atoms with Crippen molar-refractivity contribution in [1.82, 2.24) is 15.0 Å². The predicted molar refractivity (Wildman–Crippen MR) is 129 cm³/mol. The molecule has 0 spiro atoms. The van der Waals surface area contributed by atoms with Crippen molar-refractivity contribution in [3.05, 3.63) is 72.7 Å². The Balaban J connectivity index is 0.00000289. The Labute approximate surface area is 192 Å². The highest BCUT2D eigenvalue weighted by Crippen LogP contribution is 2.22. The van der Waals surface area contributed by atoms with Crippen molar-refractivity contribution >= 4 is 47.3 Å². The van der Waals surface area contributed by atoms with Gasteiger partial charge in [0.25, 0.3) is 0 Å². The molecule has 0 aliphatic rings. The first-order valence-corrected chi connectivity index (χ1v) is 9.68. The molecule has 4 rings (SSSR count). The summed E-state index contributed by atoms with van der Waals surface area (Å²) < 4.78 is 5.36. The van der Waals surface area contributed by atoms with Crippen LogP contribution in [0.4, 0.5) is 34.9 Å². The van der Waals surface area contributed by atoms with Crippen molar-refractivity contribution < 1.29 is 9.52 Å². The first kappa shape index (κ1) is 22.7. The van der Waals surface area contributed by atoms with E-state index < -0.39 is 0 Å². The zero-order valence-electron chi connectivity index (χ0n) is 17.6. The second-order valence-electron chi connectivity index (χ2n) is 6.98. The molecule has 0 fully saturated rings. The number of aromatic hydroxyl groups is 1. The number of hydrogen-bond donors (Lipinski definition) is 4. The van der Waals surface area contributed by atoms with Crippen molar-refractivity contribution in [2.45, 2.75) is 6.54 Å². The van der Waals surface area contributed by atoms with Gasteiger partial charge in [0.2, 0.25) is 17.8 Å². The fraction of sp³-hybridized carbons (Fsp3) is 0.136. The summed E-state index contributed by atoms with van der Waals surface area (Å²) in [5.74, 6) is 2.08. The molecule has 166 valence electrons. The number of aromatic nitrogens is 3. The van der Waals surface area contributed by atoms with Crippen LogP contribution in [0.1, 0.15) is 5.76 Å². The van der Waals surface area contributed by atoms with Crippen LogP contribution >= 0.6 is 12.4 Å². The highest BCUT2D eigenvalue weighted by atomic mass is 35.5. The van der Waals surface area contributed by atoms with Gasteiger partial charge in [-0.05, 0) is 60.7 Å². The minimum Gasteiger partial charge on any atom is -0.508 e. The second kappa shape index (κ2) is 10.4. The molecule has 0 saturated heterocycles. The largest absolute Gasteiger partial charge is 0.508 e. The van der Waals surface area contributed by atoms with E-state index in [1.807, 2.05) is 55.4 Å². The molecule has 0 radical (unpaired) electrons. The van der Waals surface area contributed by atoms with Crippen molar-refractivity contribution in [2.24, 2.45) is 0 Å². The average Bonchev–Trinajstić information content (AvgIpc) is 3.28. The zero-order chi connectivity index (χ0) is 21.6. The van der Waals surface area contributed by atoms with E-state index in [4.69, 9.17) is 4.42 Å². The van der Waals surface area contributed by atoms with Gasteiger partial charge in [0.1, 0.15) is 11.5 Å². The fourth-order valence-electron chi connectivity index (χ4n) is 2.79. The Hall–Kier alpha value is -3.98. The van der Waals surface area contributed by atoms with E-state index in [0.29, 0.717) is 24.4 Å².